The third kappa shape index (κ3) is 12.0. The van der Waals surface area contributed by atoms with Gasteiger partial charge in [-0.2, -0.15) is 0 Å². The summed E-state index contributed by atoms with van der Waals surface area (Å²) in [6.07, 6.45) is 19.4. The van der Waals surface area contributed by atoms with Crippen molar-refractivity contribution in [2.24, 2.45) is 0 Å². The van der Waals surface area contributed by atoms with E-state index in [0.717, 1.165) is 24.9 Å². The zero-order valence-corrected chi connectivity index (χ0v) is 15.4. The summed E-state index contributed by atoms with van der Waals surface area (Å²) in [5.74, 6) is 0. The Kier molecular flexibility index (Phi) is 11.9. The fourth-order valence-corrected chi connectivity index (χ4v) is 2.00. The molecule has 0 bridgehead atoms. The lowest BCUT2D eigenvalue weighted by atomic mass is 10.2. The van der Waals surface area contributed by atoms with Gasteiger partial charge in [-0.1, -0.05) is 73.2 Å². The lowest BCUT2D eigenvalue weighted by Crippen LogP contribution is -2.10. The van der Waals surface area contributed by atoms with E-state index < -0.39 is 6.10 Å². The van der Waals surface area contributed by atoms with E-state index >= 15 is 0 Å². The van der Waals surface area contributed by atoms with Gasteiger partial charge in [0.1, 0.15) is 0 Å². The fourth-order valence-electron chi connectivity index (χ4n) is 2.00. The number of allylic oxidation sites excluding steroid dienone is 7. The Morgan fingerprint density at radius 1 is 1.00 bits per heavy atom. The molecule has 0 saturated heterocycles. The van der Waals surface area contributed by atoms with Crippen LogP contribution in [0.1, 0.15) is 38.2 Å². The highest BCUT2D eigenvalue weighted by Gasteiger charge is 1.98. The first-order chi connectivity index (χ1) is 12.2. The molecule has 3 heteroatoms. The van der Waals surface area contributed by atoms with Gasteiger partial charge in [-0.05, 0) is 38.3 Å². The highest BCUT2D eigenvalue weighted by Crippen LogP contribution is 2.08. The molecule has 1 aromatic rings. The lowest BCUT2D eigenvalue weighted by molar-refractivity contribution is 0.134. The SMILES string of the molecule is CC/C=C\CC/C=C/C=C\C=C\C(O)CCONc1ccc(C)cc1. The first kappa shape index (κ1) is 20.9. The number of nitrogens with one attached hydrogen (secondary N) is 1. The Labute approximate surface area is 152 Å². The van der Waals surface area contributed by atoms with Gasteiger partial charge in [0.05, 0.1) is 18.4 Å². The Balaban J connectivity index is 2.08. The highest BCUT2D eigenvalue weighted by atomic mass is 16.6. The van der Waals surface area contributed by atoms with Crippen molar-refractivity contribution in [1.82, 2.24) is 0 Å². The molecule has 0 aliphatic carbocycles. The summed E-state index contributed by atoms with van der Waals surface area (Å²) in [4.78, 5) is 5.35. The van der Waals surface area contributed by atoms with E-state index in [1.54, 1.807) is 6.08 Å². The maximum absolute atomic E-state index is 9.85. The molecule has 0 heterocycles. The second-order valence-corrected chi connectivity index (χ2v) is 5.83. The van der Waals surface area contributed by atoms with Crippen LogP contribution in [0.25, 0.3) is 0 Å². The van der Waals surface area contributed by atoms with Crippen molar-refractivity contribution in [2.45, 2.75) is 45.6 Å². The topological polar surface area (TPSA) is 41.5 Å². The second kappa shape index (κ2) is 14.3. The number of hydrogen-bond acceptors (Lipinski definition) is 3. The van der Waals surface area contributed by atoms with E-state index in [0.29, 0.717) is 13.0 Å². The van der Waals surface area contributed by atoms with Crippen LogP contribution in [0.4, 0.5) is 5.69 Å². The van der Waals surface area contributed by atoms with Gasteiger partial charge in [0.15, 0.2) is 0 Å². The molecule has 2 N–H and O–H groups in total. The number of rotatable bonds is 12. The van der Waals surface area contributed by atoms with E-state index in [1.807, 2.05) is 55.5 Å². The van der Waals surface area contributed by atoms with E-state index in [1.165, 1.54) is 5.56 Å². The van der Waals surface area contributed by atoms with Crippen molar-refractivity contribution < 1.29 is 9.94 Å². The molecular weight excluding hydrogens is 310 g/mol. The zero-order chi connectivity index (χ0) is 18.2. The molecule has 0 aromatic heterocycles. The summed E-state index contributed by atoms with van der Waals surface area (Å²) in [6, 6.07) is 7.96. The zero-order valence-electron chi connectivity index (χ0n) is 15.4. The van der Waals surface area contributed by atoms with Crippen molar-refractivity contribution in [3.63, 3.8) is 0 Å². The molecule has 0 fully saturated rings. The van der Waals surface area contributed by atoms with E-state index in [9.17, 15) is 5.11 Å². The Bertz CT molecular complexity index is 556. The van der Waals surface area contributed by atoms with Crippen LogP contribution >= 0.6 is 0 Å². The minimum atomic E-state index is -0.507. The minimum Gasteiger partial charge on any atom is -0.389 e. The largest absolute Gasteiger partial charge is 0.389 e. The summed E-state index contributed by atoms with van der Waals surface area (Å²) in [5, 5.41) is 9.85. The Morgan fingerprint density at radius 2 is 1.72 bits per heavy atom. The third-order valence-corrected chi connectivity index (χ3v) is 3.46. The van der Waals surface area contributed by atoms with Gasteiger partial charge in [-0.3, -0.25) is 10.3 Å². The van der Waals surface area contributed by atoms with E-state index in [2.05, 4.69) is 30.6 Å². The smallest absolute Gasteiger partial charge is 0.0773 e. The molecule has 136 valence electrons. The number of aliphatic hydroxyl groups excluding tert-OH is 1. The number of aryl methyl sites for hydroxylation is 1. The maximum atomic E-state index is 9.85. The van der Waals surface area contributed by atoms with Crippen LogP contribution in [0, 0.1) is 6.92 Å². The summed E-state index contributed by atoms with van der Waals surface area (Å²) >= 11 is 0. The van der Waals surface area contributed by atoms with Crippen molar-refractivity contribution >= 4 is 5.69 Å². The quantitative estimate of drug-likeness (QED) is 0.228. The third-order valence-electron chi connectivity index (χ3n) is 3.46. The normalized spacial score (nSPS) is 13.6. The van der Waals surface area contributed by atoms with Crippen molar-refractivity contribution in [3.8, 4) is 0 Å². The van der Waals surface area contributed by atoms with Crippen LogP contribution in [0.2, 0.25) is 0 Å². The van der Waals surface area contributed by atoms with Gasteiger partial charge in [0.2, 0.25) is 0 Å². The summed E-state index contributed by atoms with van der Waals surface area (Å²) in [5.41, 5.74) is 5.00. The molecule has 1 atom stereocenters. The standard InChI is InChI=1S/C22H31NO2/c1-3-4-5-6-7-8-9-10-11-12-13-22(24)18-19-25-23-21-16-14-20(2)15-17-21/h4-5,8-17,22-24H,3,6-7,18-19H2,1-2H3/b5-4-,9-8+,11-10-,13-12+. The van der Waals surface area contributed by atoms with Crippen LogP contribution in [0.3, 0.4) is 0 Å². The van der Waals surface area contributed by atoms with Gasteiger partial charge >= 0.3 is 0 Å². The predicted molar refractivity (Wildman–Crippen MR) is 107 cm³/mol. The number of benzene rings is 1. The van der Waals surface area contributed by atoms with Crippen LogP contribution in [-0.2, 0) is 4.84 Å². The molecule has 0 aliphatic rings. The predicted octanol–water partition coefficient (Wildman–Crippen LogP) is 5.50. The van der Waals surface area contributed by atoms with E-state index in [4.69, 9.17) is 4.84 Å². The van der Waals surface area contributed by atoms with Crippen LogP contribution in [-0.4, -0.2) is 17.8 Å². The molecule has 1 aromatic carbocycles. The molecule has 0 amide bonds. The number of aliphatic hydroxyl groups is 1. The first-order valence-corrected chi connectivity index (χ1v) is 9.00. The maximum Gasteiger partial charge on any atom is 0.0773 e. The van der Waals surface area contributed by atoms with Crippen LogP contribution < -0.4 is 5.48 Å². The summed E-state index contributed by atoms with van der Waals surface area (Å²) in [7, 11) is 0. The van der Waals surface area contributed by atoms with Gasteiger partial charge in [-0.25, -0.2) is 0 Å². The Hall–Kier alpha value is -2.10. The van der Waals surface area contributed by atoms with Crippen LogP contribution in [0.15, 0.2) is 72.9 Å². The molecule has 1 unspecified atom stereocenters. The minimum absolute atomic E-state index is 0.439. The Morgan fingerprint density at radius 3 is 2.48 bits per heavy atom. The number of anilines is 1. The van der Waals surface area contributed by atoms with E-state index in [-0.39, 0.29) is 0 Å². The number of hydrogen-bond donors (Lipinski definition) is 2. The van der Waals surface area contributed by atoms with Crippen molar-refractivity contribution in [1.29, 1.82) is 0 Å². The molecule has 25 heavy (non-hydrogen) atoms. The van der Waals surface area contributed by atoms with Gasteiger partial charge < -0.3 is 5.11 Å². The average molecular weight is 341 g/mol. The molecule has 0 saturated carbocycles. The molecule has 0 aliphatic heterocycles. The molecule has 1 rings (SSSR count). The van der Waals surface area contributed by atoms with Gasteiger partial charge in [-0.15, -0.1) is 0 Å². The lowest BCUT2D eigenvalue weighted by Gasteiger charge is -2.08. The second-order valence-electron chi connectivity index (χ2n) is 5.83. The summed E-state index contributed by atoms with van der Waals surface area (Å²) < 4.78 is 0. The molecule has 0 radical (unpaired) electrons. The van der Waals surface area contributed by atoms with Gasteiger partial charge in [0.25, 0.3) is 0 Å². The average Bonchev–Trinajstić information content (AvgIpc) is 2.62. The van der Waals surface area contributed by atoms with Crippen LogP contribution in [0.5, 0.6) is 0 Å². The van der Waals surface area contributed by atoms with Crippen molar-refractivity contribution in [2.75, 3.05) is 12.1 Å². The first-order valence-electron chi connectivity index (χ1n) is 9.00. The molecular formula is C22H31NO2. The number of unbranched alkanes of at least 4 members (excludes halogenated alkanes) is 1. The molecule has 3 nitrogen and oxygen atoms in total. The fraction of sp³-hybridized carbons (Fsp3) is 0.364. The highest BCUT2D eigenvalue weighted by molar-refractivity contribution is 5.42. The van der Waals surface area contributed by atoms with Gasteiger partial charge in [0, 0.05) is 6.42 Å². The molecule has 0 spiro atoms. The van der Waals surface area contributed by atoms with Crippen molar-refractivity contribution in [3.05, 3.63) is 78.4 Å². The summed E-state index contributed by atoms with van der Waals surface area (Å²) in [6.45, 7) is 4.62. The monoisotopic (exact) mass is 341 g/mol.